The van der Waals surface area contributed by atoms with Gasteiger partial charge in [-0.1, -0.05) is 198 Å². The number of hydrogen-bond acceptors (Lipinski definition) is 6. The van der Waals surface area contributed by atoms with Crippen molar-refractivity contribution in [1.82, 2.24) is 0 Å². The molecule has 0 aromatic rings. The molecule has 0 aromatic carbocycles. The molecule has 1 unspecified atom stereocenters. The average molecular weight is 815 g/mol. The molecule has 0 fully saturated rings. The van der Waals surface area contributed by atoms with Crippen molar-refractivity contribution in [3.05, 3.63) is 36.5 Å². The molecular weight excluding hydrogens is 721 g/mol. The van der Waals surface area contributed by atoms with Gasteiger partial charge in [-0.15, -0.1) is 0 Å². The standard InChI is InChI=1S/C52H94O6/c1-4-7-10-13-16-18-20-22-23-24-25-26-27-28-29-30-32-33-36-39-42-45-51(54)57-48-49(47-56-50(53)44-41-38-35-15-12-9-6-3)58-52(55)46-43-40-37-34-31-21-19-17-14-11-8-5-2/h17,19-20,22,24-25,49H,4-16,18,21,23,26-48H2,1-3H3/b19-17-,22-20-,25-24-. The van der Waals surface area contributed by atoms with Crippen molar-refractivity contribution in [2.75, 3.05) is 13.2 Å². The average Bonchev–Trinajstić information content (AvgIpc) is 3.22. The first-order valence-corrected chi connectivity index (χ1v) is 25.0. The summed E-state index contributed by atoms with van der Waals surface area (Å²) in [6.45, 7) is 6.56. The Bertz CT molecular complexity index is 984. The van der Waals surface area contributed by atoms with Crippen molar-refractivity contribution in [2.45, 2.75) is 264 Å². The zero-order valence-corrected chi connectivity index (χ0v) is 38.6. The zero-order chi connectivity index (χ0) is 42.3. The molecule has 1 atom stereocenters. The second-order valence-corrected chi connectivity index (χ2v) is 16.7. The Kier molecular flexibility index (Phi) is 45.4. The van der Waals surface area contributed by atoms with Crippen LogP contribution in [0.15, 0.2) is 36.5 Å². The lowest BCUT2D eigenvalue weighted by molar-refractivity contribution is -0.167. The molecule has 6 nitrogen and oxygen atoms in total. The fourth-order valence-electron chi connectivity index (χ4n) is 7.05. The molecule has 0 aliphatic heterocycles. The number of allylic oxidation sites excluding steroid dienone is 6. The van der Waals surface area contributed by atoms with Crippen LogP contribution >= 0.6 is 0 Å². The molecule has 0 amide bonds. The van der Waals surface area contributed by atoms with Crippen LogP contribution in [0.25, 0.3) is 0 Å². The van der Waals surface area contributed by atoms with Crippen LogP contribution in [0, 0.1) is 0 Å². The lowest BCUT2D eigenvalue weighted by Crippen LogP contribution is -2.30. The topological polar surface area (TPSA) is 78.9 Å². The summed E-state index contributed by atoms with van der Waals surface area (Å²) in [6, 6.07) is 0. The van der Waals surface area contributed by atoms with Gasteiger partial charge in [0.15, 0.2) is 6.10 Å². The summed E-state index contributed by atoms with van der Waals surface area (Å²) in [7, 11) is 0. The summed E-state index contributed by atoms with van der Waals surface area (Å²) in [5, 5.41) is 0. The molecule has 338 valence electrons. The van der Waals surface area contributed by atoms with E-state index >= 15 is 0 Å². The number of carbonyl (C=O) groups is 3. The molecule has 0 heterocycles. The summed E-state index contributed by atoms with van der Waals surface area (Å²) < 4.78 is 16.7. The van der Waals surface area contributed by atoms with Crippen molar-refractivity contribution in [3.63, 3.8) is 0 Å². The molecule has 0 radical (unpaired) electrons. The van der Waals surface area contributed by atoms with Gasteiger partial charge in [0.1, 0.15) is 13.2 Å². The molecule has 0 saturated heterocycles. The van der Waals surface area contributed by atoms with Gasteiger partial charge in [0, 0.05) is 19.3 Å². The summed E-state index contributed by atoms with van der Waals surface area (Å²) >= 11 is 0. The minimum atomic E-state index is -0.772. The van der Waals surface area contributed by atoms with E-state index in [4.69, 9.17) is 14.2 Å². The largest absolute Gasteiger partial charge is 0.462 e. The molecule has 0 aliphatic rings. The second kappa shape index (κ2) is 47.3. The minimum Gasteiger partial charge on any atom is -0.462 e. The Hall–Kier alpha value is -2.37. The molecule has 0 saturated carbocycles. The highest BCUT2D eigenvalue weighted by molar-refractivity contribution is 5.71. The molecule has 0 N–H and O–H groups in total. The number of hydrogen-bond donors (Lipinski definition) is 0. The highest BCUT2D eigenvalue weighted by Gasteiger charge is 2.19. The molecule has 6 heteroatoms. The monoisotopic (exact) mass is 815 g/mol. The highest BCUT2D eigenvalue weighted by atomic mass is 16.6. The molecule has 0 rings (SSSR count). The third kappa shape index (κ3) is 44.7. The number of carbonyl (C=O) groups excluding carboxylic acids is 3. The van der Waals surface area contributed by atoms with Crippen LogP contribution < -0.4 is 0 Å². The maximum Gasteiger partial charge on any atom is 0.306 e. The van der Waals surface area contributed by atoms with Crippen molar-refractivity contribution in [2.24, 2.45) is 0 Å². The molecule has 0 bridgehead atoms. The van der Waals surface area contributed by atoms with Crippen molar-refractivity contribution in [3.8, 4) is 0 Å². The lowest BCUT2D eigenvalue weighted by atomic mass is 10.1. The van der Waals surface area contributed by atoms with Crippen LogP contribution in [0.2, 0.25) is 0 Å². The predicted octanol–water partition coefficient (Wildman–Crippen LogP) is 16.1. The van der Waals surface area contributed by atoms with Crippen molar-refractivity contribution in [1.29, 1.82) is 0 Å². The van der Waals surface area contributed by atoms with Crippen LogP contribution in [0.3, 0.4) is 0 Å². The fraction of sp³-hybridized carbons (Fsp3) is 0.827. The number of unbranched alkanes of at least 4 members (excludes halogenated alkanes) is 28. The van der Waals surface area contributed by atoms with Crippen LogP contribution in [0.4, 0.5) is 0 Å². The van der Waals surface area contributed by atoms with Gasteiger partial charge in [-0.2, -0.15) is 0 Å². The maximum absolute atomic E-state index is 12.7. The predicted molar refractivity (Wildman–Crippen MR) is 247 cm³/mol. The van der Waals surface area contributed by atoms with Crippen LogP contribution in [0.5, 0.6) is 0 Å². The van der Waals surface area contributed by atoms with E-state index in [9.17, 15) is 14.4 Å². The van der Waals surface area contributed by atoms with Gasteiger partial charge in [0.05, 0.1) is 0 Å². The van der Waals surface area contributed by atoms with Crippen LogP contribution in [-0.4, -0.2) is 37.2 Å². The Morgan fingerprint density at radius 1 is 0.345 bits per heavy atom. The fourth-order valence-corrected chi connectivity index (χ4v) is 7.05. The molecule has 0 spiro atoms. The van der Waals surface area contributed by atoms with E-state index in [1.807, 2.05) is 0 Å². The maximum atomic E-state index is 12.7. The van der Waals surface area contributed by atoms with E-state index < -0.39 is 6.10 Å². The van der Waals surface area contributed by atoms with Gasteiger partial charge < -0.3 is 14.2 Å². The van der Waals surface area contributed by atoms with Crippen molar-refractivity contribution >= 4 is 17.9 Å². The Labute approximate surface area is 359 Å². The van der Waals surface area contributed by atoms with Gasteiger partial charge >= 0.3 is 17.9 Å². The normalized spacial score (nSPS) is 12.3. The van der Waals surface area contributed by atoms with E-state index in [0.717, 1.165) is 77.0 Å². The molecular formula is C52H94O6. The van der Waals surface area contributed by atoms with Gasteiger partial charge in [-0.05, 0) is 77.0 Å². The Morgan fingerprint density at radius 3 is 1.00 bits per heavy atom. The number of ether oxygens (including phenoxy) is 3. The molecule has 0 aromatic heterocycles. The third-order valence-electron chi connectivity index (χ3n) is 10.9. The first kappa shape index (κ1) is 55.6. The first-order chi connectivity index (χ1) is 28.5. The molecule has 58 heavy (non-hydrogen) atoms. The van der Waals surface area contributed by atoms with E-state index in [-0.39, 0.29) is 31.1 Å². The Balaban J connectivity index is 4.20. The van der Waals surface area contributed by atoms with E-state index in [2.05, 4.69) is 57.2 Å². The van der Waals surface area contributed by atoms with Gasteiger partial charge in [0.2, 0.25) is 0 Å². The minimum absolute atomic E-state index is 0.0754. The smallest absolute Gasteiger partial charge is 0.306 e. The zero-order valence-electron chi connectivity index (χ0n) is 38.6. The first-order valence-electron chi connectivity index (χ1n) is 25.0. The molecule has 0 aliphatic carbocycles. The highest BCUT2D eigenvalue weighted by Crippen LogP contribution is 2.14. The summed E-state index contributed by atoms with van der Waals surface area (Å²) in [5.41, 5.74) is 0. The van der Waals surface area contributed by atoms with E-state index in [1.54, 1.807) is 0 Å². The van der Waals surface area contributed by atoms with Gasteiger partial charge in [-0.25, -0.2) is 0 Å². The summed E-state index contributed by atoms with van der Waals surface area (Å²) in [6.07, 6.45) is 54.3. The van der Waals surface area contributed by atoms with Gasteiger partial charge in [0.25, 0.3) is 0 Å². The van der Waals surface area contributed by atoms with Crippen LogP contribution in [-0.2, 0) is 28.6 Å². The lowest BCUT2D eigenvalue weighted by Gasteiger charge is -2.18. The van der Waals surface area contributed by atoms with E-state index in [0.29, 0.717) is 19.3 Å². The Morgan fingerprint density at radius 2 is 0.621 bits per heavy atom. The van der Waals surface area contributed by atoms with E-state index in [1.165, 1.54) is 141 Å². The summed E-state index contributed by atoms with van der Waals surface area (Å²) in [5.74, 6) is -0.890. The van der Waals surface area contributed by atoms with Gasteiger partial charge in [-0.3, -0.25) is 14.4 Å². The SMILES string of the molecule is CCCCC/C=C\CCCCCCCC(=O)OC(COC(=O)CCCCCCCCC)COC(=O)CCCCCCCCCCC/C=C\C/C=C\CCCCCCC. The van der Waals surface area contributed by atoms with Crippen LogP contribution in [0.1, 0.15) is 258 Å². The second-order valence-electron chi connectivity index (χ2n) is 16.7. The number of esters is 3. The number of rotatable bonds is 45. The summed E-state index contributed by atoms with van der Waals surface area (Å²) in [4.78, 5) is 37.7. The quantitative estimate of drug-likeness (QED) is 0.0264. The third-order valence-corrected chi connectivity index (χ3v) is 10.9. The van der Waals surface area contributed by atoms with Crippen molar-refractivity contribution < 1.29 is 28.6 Å².